The zero-order valence-corrected chi connectivity index (χ0v) is 59.7. The van der Waals surface area contributed by atoms with Gasteiger partial charge in [-0.05, 0) is 211 Å². The van der Waals surface area contributed by atoms with Crippen molar-refractivity contribution in [2.75, 3.05) is 19.6 Å². The Morgan fingerprint density at radius 2 is 0.259 bits per heavy atom. The number of nitrogens with zero attached hydrogens (tertiary/aromatic N) is 4. The van der Waals surface area contributed by atoms with Gasteiger partial charge >= 0.3 is 0 Å². The fourth-order valence-electron chi connectivity index (χ4n) is 14.7. The summed E-state index contributed by atoms with van der Waals surface area (Å²) in [6.07, 6.45) is 0. The summed E-state index contributed by atoms with van der Waals surface area (Å²) in [5, 5.41) is 4.90. The van der Waals surface area contributed by atoms with Crippen LogP contribution in [-0.4, -0.2) is 0 Å². The zero-order chi connectivity index (χ0) is 72.2. The Bertz CT molecular complexity index is 5400. The summed E-state index contributed by atoms with van der Waals surface area (Å²) in [6.45, 7) is 0. The minimum Gasteiger partial charge on any atom is -0.311 e. The molecule has 0 saturated heterocycles. The van der Waals surface area contributed by atoms with E-state index >= 15 is 0 Å². The highest BCUT2D eigenvalue weighted by Gasteiger charge is 2.20. The van der Waals surface area contributed by atoms with E-state index in [4.69, 9.17) is 0 Å². The van der Waals surface area contributed by atoms with E-state index in [2.05, 4.69) is 481 Å². The number of anilines is 12. The number of hydrogen-bond donors (Lipinski definition) is 0. The molecule has 0 fully saturated rings. The van der Waals surface area contributed by atoms with Gasteiger partial charge in [-0.2, -0.15) is 0 Å². The molecule has 0 aliphatic carbocycles. The molecule has 0 aliphatic rings. The molecule has 0 spiro atoms. The Labute approximate surface area is 633 Å². The van der Waals surface area contributed by atoms with Crippen LogP contribution in [0.25, 0.3) is 88.3 Å². The van der Waals surface area contributed by atoms with Crippen LogP contribution in [0.3, 0.4) is 0 Å². The van der Waals surface area contributed by atoms with Gasteiger partial charge in [0, 0.05) is 67.6 Å². The molecule has 4 nitrogen and oxygen atoms in total. The molecule has 18 aromatic carbocycles. The Balaban J connectivity index is 0.000000165. The van der Waals surface area contributed by atoms with E-state index in [1.54, 1.807) is 0 Å². The highest BCUT2D eigenvalue weighted by atomic mass is 15.2. The van der Waals surface area contributed by atoms with Gasteiger partial charge in [0.2, 0.25) is 0 Å². The summed E-state index contributed by atoms with van der Waals surface area (Å²) in [4.78, 5) is 9.36. The van der Waals surface area contributed by atoms with E-state index in [1.165, 1.54) is 77.2 Å². The SMILES string of the molecule is c1ccc(-c2ccc(N(c3ccc(-c4ccccc4)cc3)c3ccc(-c4ccc(N(c5ccc(-c6ccccc6)cc5)c5ccc(-c6ccccc6)cc5)cc4)cc3)cc2)cc1.c1ccc(N(c2ccc(-c3ccc(N(c4ccccc4)c4cccc5ccccc45)cc3)cc2)c2cccc3ccccc23)cc1. The largest absolute Gasteiger partial charge is 0.311 e. The minimum atomic E-state index is 1.09. The van der Waals surface area contributed by atoms with Gasteiger partial charge in [0.05, 0.1) is 11.4 Å². The van der Waals surface area contributed by atoms with Gasteiger partial charge in [-0.3, -0.25) is 0 Å². The molecule has 0 aliphatic heterocycles. The summed E-state index contributed by atoms with van der Waals surface area (Å²) in [6, 6.07) is 165. The molecule has 0 saturated carbocycles. The molecule has 0 N–H and O–H groups in total. The first-order chi connectivity index (χ1) is 53.6. The lowest BCUT2D eigenvalue weighted by atomic mass is 10.0. The van der Waals surface area contributed by atoms with E-state index in [0.29, 0.717) is 0 Å². The van der Waals surface area contributed by atoms with Crippen molar-refractivity contribution in [3.8, 4) is 66.8 Å². The van der Waals surface area contributed by atoms with Gasteiger partial charge in [-0.25, -0.2) is 0 Å². The molecule has 512 valence electrons. The van der Waals surface area contributed by atoms with E-state index in [-0.39, 0.29) is 0 Å². The Morgan fingerprint density at radius 3 is 0.481 bits per heavy atom. The van der Waals surface area contributed by atoms with Crippen LogP contribution in [0.4, 0.5) is 68.2 Å². The third kappa shape index (κ3) is 14.5. The first-order valence-corrected chi connectivity index (χ1v) is 36.9. The Kier molecular flexibility index (Phi) is 19.4. The maximum atomic E-state index is 2.34. The fraction of sp³-hybridized carbons (Fsp3) is 0. The second-order valence-corrected chi connectivity index (χ2v) is 26.8. The molecule has 0 aromatic heterocycles. The normalized spacial score (nSPS) is 11.0. The smallest absolute Gasteiger partial charge is 0.0540 e. The van der Waals surface area contributed by atoms with Crippen LogP contribution in [0.15, 0.2) is 461 Å². The third-order valence-corrected chi connectivity index (χ3v) is 20.1. The summed E-state index contributed by atoms with van der Waals surface area (Å²) in [7, 11) is 0. The van der Waals surface area contributed by atoms with Crippen LogP contribution in [-0.2, 0) is 0 Å². The minimum absolute atomic E-state index is 1.09. The third-order valence-electron chi connectivity index (χ3n) is 20.1. The van der Waals surface area contributed by atoms with Gasteiger partial charge < -0.3 is 19.6 Å². The predicted molar refractivity (Wildman–Crippen MR) is 459 cm³/mol. The second kappa shape index (κ2) is 31.3. The van der Waals surface area contributed by atoms with E-state index < -0.39 is 0 Å². The molecular weight excluding hydrogens is 1310 g/mol. The fourth-order valence-corrected chi connectivity index (χ4v) is 14.7. The summed E-state index contributed by atoms with van der Waals surface area (Å²) in [5.41, 5.74) is 27.7. The van der Waals surface area contributed by atoms with Crippen molar-refractivity contribution in [3.63, 3.8) is 0 Å². The lowest BCUT2D eigenvalue weighted by Gasteiger charge is -2.27. The van der Waals surface area contributed by atoms with Crippen molar-refractivity contribution in [1.29, 1.82) is 0 Å². The van der Waals surface area contributed by atoms with Crippen molar-refractivity contribution in [1.82, 2.24) is 0 Å². The second-order valence-electron chi connectivity index (χ2n) is 26.8. The van der Waals surface area contributed by atoms with Crippen molar-refractivity contribution < 1.29 is 0 Å². The molecule has 4 heteroatoms. The molecule has 108 heavy (non-hydrogen) atoms. The monoisotopic (exact) mass is 1380 g/mol. The first-order valence-electron chi connectivity index (χ1n) is 36.9. The predicted octanol–water partition coefficient (Wildman–Crippen LogP) is 29.6. The highest BCUT2D eigenvalue weighted by Crippen LogP contribution is 2.45. The van der Waals surface area contributed by atoms with E-state index in [1.807, 2.05) is 0 Å². The maximum absolute atomic E-state index is 2.34. The van der Waals surface area contributed by atoms with Crippen LogP contribution in [0.5, 0.6) is 0 Å². The van der Waals surface area contributed by atoms with E-state index in [9.17, 15) is 0 Å². The van der Waals surface area contributed by atoms with Crippen LogP contribution in [0.2, 0.25) is 0 Å². The van der Waals surface area contributed by atoms with Gasteiger partial charge in [-0.15, -0.1) is 0 Å². The van der Waals surface area contributed by atoms with Gasteiger partial charge in [-0.1, -0.05) is 328 Å². The Morgan fingerprint density at radius 1 is 0.102 bits per heavy atom. The summed E-state index contributed by atoms with van der Waals surface area (Å²) < 4.78 is 0. The molecule has 0 atom stereocenters. The molecule has 18 rings (SSSR count). The standard InChI is InChI=1S/C60H44N2.C44H32N2/c1-5-13-45(14-6-1)49-21-33-55(34-22-49)61(56-35-23-50(24-36-56)46-15-7-2-8-16-46)59-41-29-53(30-42-59)54-31-43-60(44-32-54)62(57-37-25-51(26-38-57)47-17-9-3-10-18-47)58-39-27-52(28-40-58)48-19-11-4-12-20-48;1-3-17-37(18-4-1)45(43-23-11-15-35-13-7-9-21-41(35)43)39-29-25-33(26-30-39)34-27-31-40(32-28-34)46(38-19-5-2-6-20-38)44-24-12-16-36-14-8-10-22-42(36)44/h1-44H;1-32H. The number of hydrogen-bond acceptors (Lipinski definition) is 4. The van der Waals surface area contributed by atoms with Gasteiger partial charge in [0.1, 0.15) is 0 Å². The van der Waals surface area contributed by atoms with E-state index in [0.717, 1.165) is 79.4 Å². The number of benzene rings is 18. The molecule has 0 amide bonds. The maximum Gasteiger partial charge on any atom is 0.0540 e. The average Bonchev–Trinajstić information content (AvgIpc) is 0.786. The first kappa shape index (κ1) is 66.9. The topological polar surface area (TPSA) is 13.0 Å². The summed E-state index contributed by atoms with van der Waals surface area (Å²) in [5.74, 6) is 0. The molecule has 0 unspecified atom stereocenters. The number of fused-ring (bicyclic) bond motifs is 2. The molecular formula is C104H76N4. The molecule has 18 aromatic rings. The quantitative estimate of drug-likeness (QED) is 0.0849. The summed E-state index contributed by atoms with van der Waals surface area (Å²) >= 11 is 0. The number of rotatable bonds is 18. The molecule has 0 heterocycles. The number of para-hydroxylation sites is 2. The lowest BCUT2D eigenvalue weighted by Crippen LogP contribution is -2.10. The van der Waals surface area contributed by atoms with Crippen LogP contribution in [0, 0.1) is 0 Å². The average molecular weight is 1380 g/mol. The van der Waals surface area contributed by atoms with Crippen LogP contribution < -0.4 is 19.6 Å². The van der Waals surface area contributed by atoms with Gasteiger partial charge in [0.15, 0.2) is 0 Å². The lowest BCUT2D eigenvalue weighted by molar-refractivity contribution is 1.28. The van der Waals surface area contributed by atoms with Gasteiger partial charge in [0.25, 0.3) is 0 Å². The zero-order valence-electron chi connectivity index (χ0n) is 59.7. The van der Waals surface area contributed by atoms with Crippen molar-refractivity contribution in [2.24, 2.45) is 0 Å². The van der Waals surface area contributed by atoms with Crippen molar-refractivity contribution >= 4 is 89.8 Å². The van der Waals surface area contributed by atoms with Crippen LogP contribution in [0.1, 0.15) is 0 Å². The Hall–Kier alpha value is -14.3. The molecule has 0 bridgehead atoms. The molecule has 0 radical (unpaired) electrons. The van der Waals surface area contributed by atoms with Crippen LogP contribution >= 0.6 is 0 Å². The highest BCUT2D eigenvalue weighted by molar-refractivity contribution is 6.01. The van der Waals surface area contributed by atoms with Crippen molar-refractivity contribution in [2.45, 2.75) is 0 Å². The van der Waals surface area contributed by atoms with Crippen molar-refractivity contribution in [3.05, 3.63) is 461 Å².